The number of carbonyl (C=O) groups is 2. The number of anilines is 1. The van der Waals surface area contributed by atoms with E-state index in [1.807, 2.05) is 50.2 Å². The fourth-order valence-corrected chi connectivity index (χ4v) is 3.67. The predicted octanol–water partition coefficient (Wildman–Crippen LogP) is 3.98. The number of likely N-dealkylation sites (tertiary alicyclic amines) is 1. The summed E-state index contributed by atoms with van der Waals surface area (Å²) in [4.78, 5) is 29.3. The normalized spacial score (nSPS) is 18.0. The van der Waals surface area contributed by atoms with Gasteiger partial charge >= 0.3 is 0 Å². The van der Waals surface area contributed by atoms with Crippen molar-refractivity contribution in [3.05, 3.63) is 65.2 Å². The number of unbranched alkanes of at least 4 members (excludes halogenated alkanes) is 1. The molecule has 1 aliphatic heterocycles. The average molecular weight is 408 g/mol. The van der Waals surface area contributed by atoms with Gasteiger partial charge in [-0.1, -0.05) is 37.6 Å². The second kappa shape index (κ2) is 9.03. The Labute approximate surface area is 177 Å². The van der Waals surface area contributed by atoms with Crippen molar-refractivity contribution in [1.82, 2.24) is 4.90 Å². The molecule has 158 valence electrons. The Kier molecular flexibility index (Phi) is 6.45. The minimum atomic E-state index is -0.659. The van der Waals surface area contributed by atoms with E-state index in [1.54, 1.807) is 29.2 Å². The van der Waals surface area contributed by atoms with E-state index >= 15 is 0 Å². The number of aliphatic hydroxyl groups excluding tert-OH is 1. The second-order valence-corrected chi connectivity index (χ2v) is 7.56. The number of hydrogen-bond donors (Lipinski definition) is 1. The lowest BCUT2D eigenvalue weighted by Crippen LogP contribution is -2.30. The number of Topliss-reactive ketones (excluding diaryl/α,β-unsaturated/α-hetero) is 1. The van der Waals surface area contributed by atoms with Gasteiger partial charge in [-0.25, -0.2) is 0 Å². The van der Waals surface area contributed by atoms with Crippen LogP contribution in [0.25, 0.3) is 5.76 Å². The van der Waals surface area contributed by atoms with E-state index in [2.05, 4.69) is 0 Å². The van der Waals surface area contributed by atoms with Gasteiger partial charge in [0.05, 0.1) is 18.7 Å². The maximum absolute atomic E-state index is 13.0. The lowest BCUT2D eigenvalue weighted by molar-refractivity contribution is -0.139. The van der Waals surface area contributed by atoms with Crippen molar-refractivity contribution in [3.8, 4) is 5.75 Å². The van der Waals surface area contributed by atoms with Crippen molar-refractivity contribution in [2.75, 3.05) is 32.6 Å². The molecule has 2 aromatic rings. The standard InChI is InChI=1S/C24H28N2O4/c1-5-6-14-26-21(16-10-12-18(13-11-16)25(2)3)20(23(28)24(26)29)22(27)17-8-7-9-19(15-17)30-4/h7-13,15,21,27H,5-6,14H2,1-4H3/b22-20-. The molecule has 1 heterocycles. The first-order valence-electron chi connectivity index (χ1n) is 10.1. The van der Waals surface area contributed by atoms with Crippen molar-refractivity contribution in [2.24, 2.45) is 0 Å². The number of nitrogens with zero attached hydrogens (tertiary/aromatic N) is 2. The molecule has 1 atom stereocenters. The van der Waals surface area contributed by atoms with E-state index in [-0.39, 0.29) is 11.3 Å². The molecule has 30 heavy (non-hydrogen) atoms. The largest absolute Gasteiger partial charge is 0.507 e. The number of carbonyl (C=O) groups excluding carboxylic acids is 2. The fraction of sp³-hybridized carbons (Fsp3) is 0.333. The second-order valence-electron chi connectivity index (χ2n) is 7.56. The Morgan fingerprint density at radius 2 is 1.83 bits per heavy atom. The molecule has 6 nitrogen and oxygen atoms in total. The van der Waals surface area contributed by atoms with Crippen molar-refractivity contribution < 1.29 is 19.4 Å². The zero-order chi connectivity index (χ0) is 21.8. The zero-order valence-corrected chi connectivity index (χ0v) is 17.9. The third-order valence-electron chi connectivity index (χ3n) is 5.36. The van der Waals surface area contributed by atoms with Crippen LogP contribution in [-0.2, 0) is 9.59 Å². The van der Waals surface area contributed by atoms with Gasteiger partial charge in [0, 0.05) is 31.9 Å². The number of rotatable bonds is 7. The molecule has 3 rings (SSSR count). The monoisotopic (exact) mass is 408 g/mol. The molecule has 1 saturated heterocycles. The smallest absolute Gasteiger partial charge is 0.295 e. The Morgan fingerprint density at radius 3 is 2.43 bits per heavy atom. The van der Waals surface area contributed by atoms with Gasteiger partial charge in [0.1, 0.15) is 11.5 Å². The van der Waals surface area contributed by atoms with Crippen LogP contribution in [0, 0.1) is 0 Å². The third kappa shape index (κ3) is 4.03. The van der Waals surface area contributed by atoms with Crippen LogP contribution in [0.2, 0.25) is 0 Å². The van der Waals surface area contributed by atoms with Crippen molar-refractivity contribution in [3.63, 3.8) is 0 Å². The number of aliphatic hydroxyl groups is 1. The first-order valence-corrected chi connectivity index (χ1v) is 10.1. The van der Waals surface area contributed by atoms with Gasteiger partial charge in [0.2, 0.25) is 0 Å². The third-order valence-corrected chi connectivity index (χ3v) is 5.36. The summed E-state index contributed by atoms with van der Waals surface area (Å²) in [6, 6.07) is 13.9. The Bertz CT molecular complexity index is 963. The van der Waals surface area contributed by atoms with Crippen LogP contribution >= 0.6 is 0 Å². The summed E-state index contributed by atoms with van der Waals surface area (Å²) in [5, 5.41) is 11.1. The molecule has 0 bridgehead atoms. The summed E-state index contributed by atoms with van der Waals surface area (Å²) < 4.78 is 5.24. The van der Waals surface area contributed by atoms with E-state index in [4.69, 9.17) is 4.74 Å². The summed E-state index contributed by atoms with van der Waals surface area (Å²) in [5.74, 6) is -0.859. The number of hydrogen-bond acceptors (Lipinski definition) is 5. The lowest BCUT2D eigenvalue weighted by Gasteiger charge is -2.25. The van der Waals surface area contributed by atoms with Crippen LogP contribution < -0.4 is 9.64 Å². The Morgan fingerprint density at radius 1 is 1.13 bits per heavy atom. The van der Waals surface area contributed by atoms with Gasteiger partial charge in [-0.15, -0.1) is 0 Å². The summed E-state index contributed by atoms with van der Waals surface area (Å²) in [7, 11) is 5.44. The summed E-state index contributed by atoms with van der Waals surface area (Å²) in [6.07, 6.45) is 1.67. The van der Waals surface area contributed by atoms with Crippen LogP contribution in [0.5, 0.6) is 5.75 Å². The summed E-state index contributed by atoms with van der Waals surface area (Å²) in [5.41, 5.74) is 2.36. The Hall–Kier alpha value is -3.28. The molecule has 2 aromatic carbocycles. The molecule has 0 spiro atoms. The van der Waals surface area contributed by atoms with E-state index in [9.17, 15) is 14.7 Å². The number of ether oxygens (including phenoxy) is 1. The van der Waals surface area contributed by atoms with E-state index in [0.29, 0.717) is 17.9 Å². The van der Waals surface area contributed by atoms with Crippen molar-refractivity contribution in [1.29, 1.82) is 0 Å². The highest BCUT2D eigenvalue weighted by molar-refractivity contribution is 6.46. The van der Waals surface area contributed by atoms with E-state index in [0.717, 1.165) is 24.1 Å². The lowest BCUT2D eigenvalue weighted by atomic mass is 9.95. The molecule has 1 unspecified atom stereocenters. The molecule has 0 aromatic heterocycles. The van der Waals surface area contributed by atoms with Crippen LogP contribution in [0.3, 0.4) is 0 Å². The highest BCUT2D eigenvalue weighted by Gasteiger charge is 2.45. The zero-order valence-electron chi connectivity index (χ0n) is 17.9. The van der Waals surface area contributed by atoms with Crippen LogP contribution in [-0.4, -0.2) is 49.4 Å². The minimum absolute atomic E-state index is 0.113. The quantitative estimate of drug-likeness (QED) is 0.426. The molecule has 0 saturated carbocycles. The number of benzene rings is 2. The molecule has 1 N–H and O–H groups in total. The SMILES string of the molecule is CCCCN1C(=O)C(=O)/C(=C(\O)c2cccc(OC)c2)C1c1ccc(N(C)C)cc1. The summed E-state index contributed by atoms with van der Waals surface area (Å²) >= 11 is 0. The molecule has 0 radical (unpaired) electrons. The van der Waals surface area contributed by atoms with Crippen LogP contribution in [0.4, 0.5) is 5.69 Å². The first kappa shape index (κ1) is 21.4. The van der Waals surface area contributed by atoms with Crippen molar-refractivity contribution in [2.45, 2.75) is 25.8 Å². The number of methoxy groups -OCH3 is 1. The van der Waals surface area contributed by atoms with E-state index in [1.165, 1.54) is 7.11 Å². The van der Waals surface area contributed by atoms with Gasteiger partial charge in [0.15, 0.2) is 0 Å². The maximum Gasteiger partial charge on any atom is 0.295 e. The number of amides is 1. The number of ketones is 1. The minimum Gasteiger partial charge on any atom is -0.507 e. The van der Waals surface area contributed by atoms with E-state index < -0.39 is 17.7 Å². The molecular weight excluding hydrogens is 380 g/mol. The van der Waals surface area contributed by atoms with Gasteiger partial charge in [0.25, 0.3) is 11.7 Å². The Balaban J connectivity index is 2.14. The van der Waals surface area contributed by atoms with Crippen LogP contribution in [0.1, 0.15) is 36.9 Å². The topological polar surface area (TPSA) is 70.1 Å². The molecule has 1 fully saturated rings. The summed E-state index contributed by atoms with van der Waals surface area (Å²) in [6.45, 7) is 2.49. The highest BCUT2D eigenvalue weighted by atomic mass is 16.5. The molecule has 1 amide bonds. The maximum atomic E-state index is 13.0. The average Bonchev–Trinajstić information content (AvgIpc) is 3.01. The molecular formula is C24H28N2O4. The van der Waals surface area contributed by atoms with Gasteiger partial charge in [-0.2, -0.15) is 0 Å². The fourth-order valence-electron chi connectivity index (χ4n) is 3.67. The van der Waals surface area contributed by atoms with Crippen LogP contribution in [0.15, 0.2) is 54.1 Å². The molecule has 0 aliphatic carbocycles. The molecule has 6 heteroatoms. The molecule has 1 aliphatic rings. The van der Waals surface area contributed by atoms with Gasteiger partial charge in [-0.3, -0.25) is 9.59 Å². The first-order chi connectivity index (χ1) is 14.4. The predicted molar refractivity (Wildman–Crippen MR) is 118 cm³/mol. The highest BCUT2D eigenvalue weighted by Crippen LogP contribution is 2.40. The van der Waals surface area contributed by atoms with Crippen molar-refractivity contribution >= 4 is 23.1 Å². The van der Waals surface area contributed by atoms with Gasteiger partial charge < -0.3 is 19.6 Å². The van der Waals surface area contributed by atoms with Gasteiger partial charge in [-0.05, 0) is 36.2 Å².